The molecule has 0 spiro atoms. The van der Waals surface area contributed by atoms with Gasteiger partial charge in [-0.15, -0.1) is 0 Å². The molecule has 1 heterocycles. The third-order valence-electron chi connectivity index (χ3n) is 2.58. The van der Waals surface area contributed by atoms with Crippen LogP contribution in [0, 0.1) is 0 Å². The molecule has 0 saturated carbocycles. The highest BCUT2D eigenvalue weighted by molar-refractivity contribution is 5.98. The summed E-state index contributed by atoms with van der Waals surface area (Å²) in [6, 6.07) is 1.31. The topological polar surface area (TPSA) is 146 Å². The summed E-state index contributed by atoms with van der Waals surface area (Å²) in [7, 11) is 0. The maximum Gasteiger partial charge on any atom is 0.326 e. The number of aromatic nitrogens is 1. The largest absolute Gasteiger partial charge is 0.481 e. The molecular weight excluding hydrogens is 294 g/mol. The minimum absolute atomic E-state index is 0.0975. The molecule has 2 amide bonds. The van der Waals surface area contributed by atoms with Crippen LogP contribution in [0.2, 0.25) is 0 Å². The van der Waals surface area contributed by atoms with Gasteiger partial charge in [0.05, 0.1) is 0 Å². The van der Waals surface area contributed by atoms with Gasteiger partial charge in [-0.1, -0.05) is 0 Å². The van der Waals surface area contributed by atoms with Crippen LogP contribution >= 0.6 is 0 Å². The van der Waals surface area contributed by atoms with Crippen LogP contribution in [0.4, 0.5) is 5.82 Å². The summed E-state index contributed by atoms with van der Waals surface area (Å²) in [6.07, 6.45) is 0.665. The lowest BCUT2D eigenvalue weighted by molar-refractivity contribution is -0.140. The number of anilines is 1. The van der Waals surface area contributed by atoms with Gasteiger partial charge in [-0.3, -0.25) is 14.4 Å². The quantitative estimate of drug-likeness (QED) is 0.558. The van der Waals surface area contributed by atoms with Gasteiger partial charge in [-0.05, 0) is 18.6 Å². The number of hydrogen-bond donors (Lipinski definition) is 4. The van der Waals surface area contributed by atoms with E-state index in [1.807, 2.05) is 0 Å². The average molecular weight is 309 g/mol. The molecule has 9 heteroatoms. The second-order valence-electron chi connectivity index (χ2n) is 4.41. The number of hydrogen-bond acceptors (Lipinski definition) is 5. The van der Waals surface area contributed by atoms with Crippen LogP contribution in [0.1, 0.15) is 30.1 Å². The molecule has 0 bridgehead atoms. The number of carbonyl (C=O) groups excluding carboxylic acids is 2. The van der Waals surface area contributed by atoms with E-state index >= 15 is 0 Å². The van der Waals surface area contributed by atoms with Gasteiger partial charge in [0.25, 0.3) is 5.91 Å². The second-order valence-corrected chi connectivity index (χ2v) is 4.41. The van der Waals surface area contributed by atoms with Gasteiger partial charge in [0, 0.05) is 25.1 Å². The van der Waals surface area contributed by atoms with E-state index in [9.17, 15) is 19.2 Å². The fourth-order valence-corrected chi connectivity index (χ4v) is 1.59. The molecule has 0 saturated heterocycles. The summed E-state index contributed by atoms with van der Waals surface area (Å²) in [6.45, 7) is 1.28. The summed E-state index contributed by atoms with van der Waals surface area (Å²) in [5.41, 5.74) is 0.0975. The highest BCUT2D eigenvalue weighted by atomic mass is 16.4. The first-order valence-corrected chi connectivity index (χ1v) is 6.28. The van der Waals surface area contributed by atoms with Crippen LogP contribution in [0.3, 0.4) is 0 Å². The number of nitrogens with one attached hydrogen (secondary N) is 2. The van der Waals surface area contributed by atoms with E-state index in [2.05, 4.69) is 15.6 Å². The van der Waals surface area contributed by atoms with Crippen molar-refractivity contribution >= 4 is 29.6 Å². The molecule has 0 fully saturated rings. The first-order valence-electron chi connectivity index (χ1n) is 6.28. The van der Waals surface area contributed by atoms with Crippen molar-refractivity contribution in [1.82, 2.24) is 10.3 Å². The summed E-state index contributed by atoms with van der Waals surface area (Å²) < 4.78 is 0. The lowest BCUT2D eigenvalue weighted by Gasteiger charge is -2.13. The summed E-state index contributed by atoms with van der Waals surface area (Å²) in [5, 5.41) is 22.2. The molecule has 0 aromatic carbocycles. The molecule has 22 heavy (non-hydrogen) atoms. The first kappa shape index (κ1) is 17.1. The van der Waals surface area contributed by atoms with Crippen molar-refractivity contribution in [2.45, 2.75) is 25.8 Å². The molecule has 4 N–H and O–H groups in total. The zero-order valence-electron chi connectivity index (χ0n) is 11.7. The molecule has 1 rings (SSSR count). The highest BCUT2D eigenvalue weighted by Gasteiger charge is 2.21. The maximum atomic E-state index is 12.0. The molecule has 9 nitrogen and oxygen atoms in total. The van der Waals surface area contributed by atoms with E-state index in [1.165, 1.54) is 25.3 Å². The summed E-state index contributed by atoms with van der Waals surface area (Å²) in [5.74, 6) is -3.40. The molecule has 0 aliphatic rings. The Morgan fingerprint density at radius 3 is 2.50 bits per heavy atom. The van der Waals surface area contributed by atoms with Crippen LogP contribution in [0.25, 0.3) is 0 Å². The van der Waals surface area contributed by atoms with Gasteiger partial charge in [0.1, 0.15) is 11.9 Å². The minimum Gasteiger partial charge on any atom is -0.481 e. The molecule has 118 valence electrons. The maximum absolute atomic E-state index is 12.0. The Hall–Kier alpha value is -2.97. The van der Waals surface area contributed by atoms with Gasteiger partial charge in [-0.25, -0.2) is 9.78 Å². The number of aliphatic carboxylic acids is 2. The fraction of sp³-hybridized carbons (Fsp3) is 0.308. The van der Waals surface area contributed by atoms with E-state index in [0.29, 0.717) is 0 Å². The number of rotatable bonds is 7. The minimum atomic E-state index is -1.33. The lowest BCUT2D eigenvalue weighted by Crippen LogP contribution is -2.41. The van der Waals surface area contributed by atoms with Crippen molar-refractivity contribution in [2.75, 3.05) is 5.32 Å². The molecule has 1 aromatic rings. The Labute approximate surface area is 125 Å². The Balaban J connectivity index is 2.79. The Morgan fingerprint density at radius 2 is 1.95 bits per heavy atom. The predicted octanol–water partition coefficient (Wildman–Crippen LogP) is 0.0878. The van der Waals surface area contributed by atoms with Crippen LogP contribution < -0.4 is 10.6 Å². The van der Waals surface area contributed by atoms with Crippen molar-refractivity contribution in [3.63, 3.8) is 0 Å². The van der Waals surface area contributed by atoms with E-state index in [1.54, 1.807) is 0 Å². The first-order chi connectivity index (χ1) is 10.3. The average Bonchev–Trinajstić information content (AvgIpc) is 2.42. The van der Waals surface area contributed by atoms with E-state index in [4.69, 9.17) is 10.2 Å². The van der Waals surface area contributed by atoms with Gasteiger partial charge < -0.3 is 20.8 Å². The number of carboxylic acids is 2. The van der Waals surface area contributed by atoms with Crippen LogP contribution in [0.5, 0.6) is 0 Å². The van der Waals surface area contributed by atoms with Crippen molar-refractivity contribution in [3.05, 3.63) is 23.9 Å². The molecular formula is C13H15N3O6. The van der Waals surface area contributed by atoms with Crippen LogP contribution in [-0.2, 0) is 14.4 Å². The highest BCUT2D eigenvalue weighted by Crippen LogP contribution is 2.08. The predicted molar refractivity (Wildman–Crippen MR) is 74.3 cm³/mol. The molecule has 1 aromatic heterocycles. The van der Waals surface area contributed by atoms with Gasteiger partial charge in [0.15, 0.2) is 0 Å². The third kappa shape index (κ3) is 5.57. The zero-order chi connectivity index (χ0) is 16.7. The number of pyridine rings is 1. The van der Waals surface area contributed by atoms with Crippen molar-refractivity contribution in [1.29, 1.82) is 0 Å². The van der Waals surface area contributed by atoms with Gasteiger partial charge in [-0.2, -0.15) is 0 Å². The second kappa shape index (κ2) is 7.72. The Bertz CT molecular complexity index is 601. The number of amides is 2. The third-order valence-corrected chi connectivity index (χ3v) is 2.58. The van der Waals surface area contributed by atoms with Crippen LogP contribution in [-0.4, -0.2) is 45.0 Å². The molecule has 0 radical (unpaired) electrons. The van der Waals surface area contributed by atoms with E-state index < -0.39 is 23.9 Å². The molecule has 0 aliphatic heterocycles. The van der Waals surface area contributed by atoms with Crippen LogP contribution in [0.15, 0.2) is 18.3 Å². The normalized spacial score (nSPS) is 11.3. The zero-order valence-corrected chi connectivity index (χ0v) is 11.7. The monoisotopic (exact) mass is 309 g/mol. The smallest absolute Gasteiger partial charge is 0.326 e. The standard InChI is InChI=1S/C13H15N3O6/c1-7(17)15-10-6-8(4-5-14-10)12(20)16-9(13(21)22)2-3-11(18)19/h4-6,9H,2-3H2,1H3,(H,16,20)(H,18,19)(H,21,22)(H,14,15,17). The number of carboxylic acid groups (broad SMARTS) is 2. The van der Waals surface area contributed by atoms with E-state index in [-0.39, 0.29) is 30.1 Å². The number of carbonyl (C=O) groups is 4. The van der Waals surface area contributed by atoms with Crippen molar-refractivity contribution < 1.29 is 29.4 Å². The molecule has 0 aliphatic carbocycles. The van der Waals surface area contributed by atoms with E-state index in [0.717, 1.165) is 0 Å². The van der Waals surface area contributed by atoms with Crippen molar-refractivity contribution in [2.24, 2.45) is 0 Å². The number of nitrogens with zero attached hydrogens (tertiary/aromatic N) is 1. The SMILES string of the molecule is CC(=O)Nc1cc(C(=O)NC(CCC(=O)O)C(=O)O)ccn1. The molecule has 1 unspecified atom stereocenters. The molecule has 1 atom stereocenters. The van der Waals surface area contributed by atoms with Gasteiger partial charge in [0.2, 0.25) is 5.91 Å². The fourth-order valence-electron chi connectivity index (χ4n) is 1.59. The van der Waals surface area contributed by atoms with Crippen molar-refractivity contribution in [3.8, 4) is 0 Å². The van der Waals surface area contributed by atoms with Gasteiger partial charge >= 0.3 is 11.9 Å². The summed E-state index contributed by atoms with van der Waals surface area (Å²) >= 11 is 0. The Kier molecular flexibility index (Phi) is 5.99. The lowest BCUT2D eigenvalue weighted by atomic mass is 10.1. The Morgan fingerprint density at radius 1 is 1.27 bits per heavy atom. The summed E-state index contributed by atoms with van der Waals surface area (Å²) in [4.78, 5) is 48.2.